The van der Waals surface area contributed by atoms with Crippen LogP contribution in [0.3, 0.4) is 0 Å². The quantitative estimate of drug-likeness (QED) is 0.398. The van der Waals surface area contributed by atoms with Crippen LogP contribution in [0.1, 0.15) is 23.1 Å². The molecular formula is C8H7N3O3. The van der Waals surface area contributed by atoms with Gasteiger partial charge in [0.2, 0.25) is 0 Å². The number of hydrogen-bond donors (Lipinski definition) is 0. The van der Waals surface area contributed by atoms with Gasteiger partial charge in [-0.25, -0.2) is 0 Å². The number of carbonyl (C=O) groups excluding carboxylic acids is 1. The van der Waals surface area contributed by atoms with E-state index < -0.39 is 4.92 Å². The number of rotatable bonds is 2. The summed E-state index contributed by atoms with van der Waals surface area (Å²) in [6, 6.07) is 2.80. The van der Waals surface area contributed by atoms with E-state index in [-0.39, 0.29) is 22.9 Å². The van der Waals surface area contributed by atoms with Crippen molar-refractivity contribution in [1.29, 1.82) is 5.26 Å². The molecule has 0 saturated carbocycles. The molecule has 0 spiro atoms. The zero-order valence-corrected chi connectivity index (χ0v) is 7.64. The number of nitriles is 1. The summed E-state index contributed by atoms with van der Waals surface area (Å²) < 4.78 is 1.22. The van der Waals surface area contributed by atoms with Crippen molar-refractivity contribution in [3.63, 3.8) is 0 Å². The van der Waals surface area contributed by atoms with E-state index >= 15 is 0 Å². The highest BCUT2D eigenvalue weighted by atomic mass is 16.6. The highest BCUT2D eigenvalue weighted by Gasteiger charge is 2.22. The van der Waals surface area contributed by atoms with E-state index in [1.807, 2.05) is 0 Å². The number of aromatic nitrogens is 1. The first kappa shape index (κ1) is 9.92. The van der Waals surface area contributed by atoms with Gasteiger partial charge in [0.05, 0.1) is 10.6 Å². The number of nitrogens with zero attached hydrogens (tertiary/aromatic N) is 3. The summed E-state index contributed by atoms with van der Waals surface area (Å²) in [5.41, 5.74) is -0.284. The summed E-state index contributed by atoms with van der Waals surface area (Å²) in [6.07, 6.45) is 0. The van der Waals surface area contributed by atoms with Gasteiger partial charge in [-0.3, -0.25) is 14.9 Å². The van der Waals surface area contributed by atoms with E-state index in [2.05, 4.69) is 0 Å². The second-order valence-electron chi connectivity index (χ2n) is 2.75. The molecule has 0 fully saturated rings. The maximum Gasteiger partial charge on any atom is 0.305 e. The van der Waals surface area contributed by atoms with E-state index in [9.17, 15) is 14.9 Å². The fourth-order valence-corrected chi connectivity index (χ4v) is 1.20. The maximum absolute atomic E-state index is 11.0. The molecule has 1 aromatic heterocycles. The Morgan fingerprint density at radius 2 is 2.29 bits per heavy atom. The molecular weight excluding hydrogens is 186 g/mol. The van der Waals surface area contributed by atoms with Crippen molar-refractivity contribution < 1.29 is 9.72 Å². The molecule has 1 aromatic rings. The fourth-order valence-electron chi connectivity index (χ4n) is 1.20. The molecule has 1 heterocycles. The predicted octanol–water partition coefficient (Wildman–Crippen LogP) is 1.01. The number of carbonyl (C=O) groups is 1. The Hall–Kier alpha value is -2.16. The molecule has 0 aromatic carbocycles. The van der Waals surface area contributed by atoms with Crippen LogP contribution in [0, 0.1) is 21.4 Å². The Morgan fingerprint density at radius 1 is 1.71 bits per heavy atom. The molecule has 0 aliphatic heterocycles. The maximum atomic E-state index is 11.0. The minimum atomic E-state index is -0.676. The lowest BCUT2D eigenvalue weighted by molar-refractivity contribution is -0.385. The van der Waals surface area contributed by atoms with Crippen LogP contribution in [-0.4, -0.2) is 15.3 Å². The van der Waals surface area contributed by atoms with Gasteiger partial charge in [0, 0.05) is 20.0 Å². The average Bonchev–Trinajstić information content (AvgIpc) is 2.42. The molecule has 1 rings (SSSR count). The van der Waals surface area contributed by atoms with Crippen molar-refractivity contribution in [2.75, 3.05) is 0 Å². The fraction of sp³-hybridized carbons (Fsp3) is 0.250. The number of Topliss-reactive ketones (excluding diaryl/α,β-unsaturated/α-hetero) is 1. The lowest BCUT2D eigenvalue weighted by Crippen LogP contribution is -2.03. The van der Waals surface area contributed by atoms with E-state index in [1.54, 1.807) is 6.07 Å². The van der Waals surface area contributed by atoms with E-state index in [0.717, 1.165) is 6.07 Å². The monoisotopic (exact) mass is 193 g/mol. The van der Waals surface area contributed by atoms with Gasteiger partial charge in [-0.05, 0) is 0 Å². The second kappa shape index (κ2) is 3.30. The molecule has 0 atom stereocenters. The zero-order valence-electron chi connectivity index (χ0n) is 7.64. The molecule has 14 heavy (non-hydrogen) atoms. The highest BCUT2D eigenvalue weighted by molar-refractivity contribution is 5.94. The van der Waals surface area contributed by atoms with Crippen LogP contribution in [0.5, 0.6) is 0 Å². The minimum absolute atomic E-state index is 0.111. The summed E-state index contributed by atoms with van der Waals surface area (Å²) in [4.78, 5) is 20.8. The molecule has 0 aliphatic rings. The molecule has 0 bridgehead atoms. The van der Waals surface area contributed by atoms with Crippen LogP contribution >= 0.6 is 0 Å². The van der Waals surface area contributed by atoms with Gasteiger partial charge < -0.3 is 4.57 Å². The number of nitro groups is 1. The van der Waals surface area contributed by atoms with Crippen molar-refractivity contribution in [2.24, 2.45) is 7.05 Å². The lowest BCUT2D eigenvalue weighted by Gasteiger charge is -1.96. The van der Waals surface area contributed by atoms with Gasteiger partial charge in [0.25, 0.3) is 0 Å². The van der Waals surface area contributed by atoms with Crippen molar-refractivity contribution in [1.82, 2.24) is 4.57 Å². The third kappa shape index (κ3) is 1.35. The minimum Gasteiger partial charge on any atom is -0.327 e. The predicted molar refractivity (Wildman–Crippen MR) is 46.8 cm³/mol. The van der Waals surface area contributed by atoms with Crippen molar-refractivity contribution in [3.8, 4) is 6.07 Å². The summed E-state index contributed by atoms with van der Waals surface area (Å²) in [5.74, 6) is -0.308. The molecule has 72 valence electrons. The Morgan fingerprint density at radius 3 is 2.57 bits per heavy atom. The molecule has 0 N–H and O–H groups in total. The normalized spacial score (nSPS) is 9.50. The van der Waals surface area contributed by atoms with E-state index in [0.29, 0.717) is 0 Å². The van der Waals surface area contributed by atoms with Gasteiger partial charge in [-0.15, -0.1) is 0 Å². The molecule has 0 amide bonds. The van der Waals surface area contributed by atoms with Crippen LogP contribution in [0.25, 0.3) is 0 Å². The average molecular weight is 193 g/mol. The summed E-state index contributed by atoms with van der Waals surface area (Å²) in [6.45, 7) is 1.29. The van der Waals surface area contributed by atoms with Crippen LogP contribution in [0.2, 0.25) is 0 Å². The standard InChI is InChI=1S/C8H7N3O3/c1-5(12)6-3-7(11(13)14)8(4-9)10(6)2/h3H,1-2H3. The SMILES string of the molecule is CC(=O)c1cc([N+](=O)[O-])c(C#N)n1C. The molecule has 0 saturated heterocycles. The lowest BCUT2D eigenvalue weighted by atomic mass is 10.3. The van der Waals surface area contributed by atoms with Gasteiger partial charge in [0.1, 0.15) is 6.07 Å². The summed E-state index contributed by atoms with van der Waals surface area (Å²) in [5, 5.41) is 19.2. The topological polar surface area (TPSA) is 88.9 Å². The highest BCUT2D eigenvalue weighted by Crippen LogP contribution is 2.21. The van der Waals surface area contributed by atoms with Crippen molar-refractivity contribution in [2.45, 2.75) is 6.92 Å². The summed E-state index contributed by atoms with van der Waals surface area (Å²) in [7, 11) is 1.45. The summed E-state index contributed by atoms with van der Waals surface area (Å²) >= 11 is 0. The first-order chi connectivity index (χ1) is 6.49. The first-order valence-corrected chi connectivity index (χ1v) is 3.74. The Kier molecular flexibility index (Phi) is 2.34. The second-order valence-corrected chi connectivity index (χ2v) is 2.75. The van der Waals surface area contributed by atoms with Crippen LogP contribution in [0.15, 0.2) is 6.07 Å². The number of ketones is 1. The van der Waals surface area contributed by atoms with Crippen LogP contribution in [0.4, 0.5) is 5.69 Å². The third-order valence-corrected chi connectivity index (χ3v) is 1.88. The third-order valence-electron chi connectivity index (χ3n) is 1.88. The van der Waals surface area contributed by atoms with Crippen molar-refractivity contribution >= 4 is 11.5 Å². The molecule has 6 heteroatoms. The Bertz CT molecular complexity index is 453. The Labute approximate surface area is 79.5 Å². The van der Waals surface area contributed by atoms with Gasteiger partial charge in [-0.2, -0.15) is 5.26 Å². The molecule has 0 aliphatic carbocycles. The first-order valence-electron chi connectivity index (χ1n) is 3.74. The molecule has 0 radical (unpaired) electrons. The Balaban J connectivity index is 3.49. The van der Waals surface area contributed by atoms with Crippen LogP contribution < -0.4 is 0 Å². The van der Waals surface area contributed by atoms with Gasteiger partial charge >= 0.3 is 5.69 Å². The zero-order chi connectivity index (χ0) is 10.9. The van der Waals surface area contributed by atoms with Crippen molar-refractivity contribution in [3.05, 3.63) is 27.6 Å². The molecule has 6 nitrogen and oxygen atoms in total. The largest absolute Gasteiger partial charge is 0.327 e. The van der Waals surface area contributed by atoms with Gasteiger partial charge in [0.15, 0.2) is 11.5 Å². The smallest absolute Gasteiger partial charge is 0.305 e. The molecule has 0 unspecified atom stereocenters. The van der Waals surface area contributed by atoms with E-state index in [4.69, 9.17) is 5.26 Å². The van der Waals surface area contributed by atoms with E-state index in [1.165, 1.54) is 18.5 Å². The van der Waals surface area contributed by atoms with Gasteiger partial charge in [-0.1, -0.05) is 0 Å². The number of hydrogen-bond acceptors (Lipinski definition) is 4. The van der Waals surface area contributed by atoms with Crippen LogP contribution in [-0.2, 0) is 7.05 Å².